The van der Waals surface area contributed by atoms with Crippen LogP contribution in [0.1, 0.15) is 162 Å². The first-order valence-corrected chi connectivity index (χ1v) is 14.3. The van der Waals surface area contributed by atoms with E-state index in [1.165, 1.54) is 128 Å². The largest absolute Gasteiger partial charge is 0.393 e. The highest BCUT2D eigenvalue weighted by atomic mass is 16.3. The second kappa shape index (κ2) is 27.5. The second-order valence-corrected chi connectivity index (χ2v) is 9.64. The molecule has 0 saturated carbocycles. The van der Waals surface area contributed by atoms with Crippen LogP contribution in [-0.2, 0) is 0 Å². The molecule has 1 unspecified atom stereocenters. The molecule has 1 N–H and O–H groups in total. The standard InChI is InChI=1S/C30H58O/c1-3-5-7-9-11-13-15-16-17-18-19-21-23-25-27-29-30(31)28-26-24-22-20-14-12-10-8-6-4-2/h11,13,16-17,30-31H,3-10,12,14-15,18-29H2,1-2H3/b13-11-,17-16-. The third-order valence-corrected chi connectivity index (χ3v) is 6.38. The van der Waals surface area contributed by atoms with Gasteiger partial charge in [0.15, 0.2) is 0 Å². The van der Waals surface area contributed by atoms with E-state index in [2.05, 4.69) is 38.2 Å². The predicted octanol–water partition coefficient (Wildman–Crippen LogP) is 10.5. The lowest BCUT2D eigenvalue weighted by atomic mass is 10.0. The summed E-state index contributed by atoms with van der Waals surface area (Å²) in [4.78, 5) is 0. The lowest BCUT2D eigenvalue weighted by Gasteiger charge is -2.10. The molecule has 0 saturated heterocycles. The van der Waals surface area contributed by atoms with Gasteiger partial charge in [0.05, 0.1) is 6.10 Å². The Morgan fingerprint density at radius 2 is 0.806 bits per heavy atom. The van der Waals surface area contributed by atoms with Crippen molar-refractivity contribution in [2.24, 2.45) is 0 Å². The van der Waals surface area contributed by atoms with Crippen molar-refractivity contribution in [3.05, 3.63) is 24.3 Å². The van der Waals surface area contributed by atoms with Gasteiger partial charge < -0.3 is 5.11 Å². The first-order chi connectivity index (χ1) is 15.3. The van der Waals surface area contributed by atoms with Crippen molar-refractivity contribution in [1.29, 1.82) is 0 Å². The smallest absolute Gasteiger partial charge is 0.0540 e. The average molecular weight is 435 g/mol. The molecule has 1 heteroatoms. The third kappa shape index (κ3) is 27.4. The molecule has 0 heterocycles. The van der Waals surface area contributed by atoms with Crippen molar-refractivity contribution < 1.29 is 5.11 Å². The first-order valence-electron chi connectivity index (χ1n) is 14.3. The van der Waals surface area contributed by atoms with Crippen LogP contribution in [0.5, 0.6) is 0 Å². The maximum absolute atomic E-state index is 10.2. The Labute approximate surface area is 197 Å². The zero-order valence-corrected chi connectivity index (χ0v) is 21.6. The Balaban J connectivity index is 3.23. The maximum atomic E-state index is 10.2. The van der Waals surface area contributed by atoms with Crippen LogP contribution in [-0.4, -0.2) is 11.2 Å². The van der Waals surface area contributed by atoms with Gasteiger partial charge in [0.2, 0.25) is 0 Å². The Kier molecular flexibility index (Phi) is 27.0. The topological polar surface area (TPSA) is 20.2 Å². The maximum Gasteiger partial charge on any atom is 0.0540 e. The van der Waals surface area contributed by atoms with Crippen LogP contribution < -0.4 is 0 Å². The van der Waals surface area contributed by atoms with E-state index >= 15 is 0 Å². The number of allylic oxidation sites excluding steroid dienone is 4. The number of aliphatic hydroxyl groups is 1. The number of rotatable bonds is 25. The summed E-state index contributed by atoms with van der Waals surface area (Å²) < 4.78 is 0. The van der Waals surface area contributed by atoms with Crippen molar-refractivity contribution in [3.8, 4) is 0 Å². The van der Waals surface area contributed by atoms with Gasteiger partial charge in [0.1, 0.15) is 0 Å². The predicted molar refractivity (Wildman–Crippen MR) is 142 cm³/mol. The van der Waals surface area contributed by atoms with Gasteiger partial charge in [-0.1, -0.05) is 141 Å². The van der Waals surface area contributed by atoms with Crippen molar-refractivity contribution >= 4 is 0 Å². The summed E-state index contributed by atoms with van der Waals surface area (Å²) in [6, 6.07) is 0. The Morgan fingerprint density at radius 1 is 0.452 bits per heavy atom. The van der Waals surface area contributed by atoms with Crippen LogP contribution in [0.4, 0.5) is 0 Å². The highest BCUT2D eigenvalue weighted by Gasteiger charge is 2.03. The Hall–Kier alpha value is -0.560. The van der Waals surface area contributed by atoms with Gasteiger partial charge in [0.25, 0.3) is 0 Å². The number of aliphatic hydroxyl groups excluding tert-OH is 1. The lowest BCUT2D eigenvalue weighted by Crippen LogP contribution is -2.05. The average Bonchev–Trinajstić information content (AvgIpc) is 2.77. The van der Waals surface area contributed by atoms with E-state index in [0.29, 0.717) is 0 Å². The van der Waals surface area contributed by atoms with E-state index in [9.17, 15) is 5.11 Å². The fraction of sp³-hybridized carbons (Fsp3) is 0.867. The van der Waals surface area contributed by atoms with Crippen molar-refractivity contribution in [3.63, 3.8) is 0 Å². The molecular weight excluding hydrogens is 376 g/mol. The lowest BCUT2D eigenvalue weighted by molar-refractivity contribution is 0.147. The van der Waals surface area contributed by atoms with E-state index in [0.717, 1.165) is 19.3 Å². The molecule has 0 radical (unpaired) electrons. The molecule has 31 heavy (non-hydrogen) atoms. The second-order valence-electron chi connectivity index (χ2n) is 9.64. The summed E-state index contributed by atoms with van der Waals surface area (Å²) in [5.41, 5.74) is 0. The Bertz CT molecular complexity index is 371. The molecule has 0 aliphatic carbocycles. The molecule has 0 amide bonds. The zero-order chi connectivity index (χ0) is 22.7. The molecule has 0 fully saturated rings. The van der Waals surface area contributed by atoms with E-state index < -0.39 is 0 Å². The van der Waals surface area contributed by atoms with Crippen LogP contribution in [0.25, 0.3) is 0 Å². The van der Waals surface area contributed by atoms with Gasteiger partial charge in [-0.25, -0.2) is 0 Å². The first kappa shape index (κ1) is 30.4. The van der Waals surface area contributed by atoms with Crippen molar-refractivity contribution in [2.75, 3.05) is 0 Å². The van der Waals surface area contributed by atoms with Crippen LogP contribution in [0, 0.1) is 0 Å². The van der Waals surface area contributed by atoms with Gasteiger partial charge in [-0.05, 0) is 44.9 Å². The molecule has 0 spiro atoms. The minimum Gasteiger partial charge on any atom is -0.393 e. The molecule has 0 bridgehead atoms. The number of hydrogen-bond donors (Lipinski definition) is 1. The summed E-state index contributed by atoms with van der Waals surface area (Å²) >= 11 is 0. The van der Waals surface area contributed by atoms with Crippen LogP contribution in [0.15, 0.2) is 24.3 Å². The zero-order valence-electron chi connectivity index (χ0n) is 21.6. The van der Waals surface area contributed by atoms with E-state index in [-0.39, 0.29) is 6.10 Å². The summed E-state index contributed by atoms with van der Waals surface area (Å²) in [6.45, 7) is 4.54. The molecule has 0 aromatic carbocycles. The van der Waals surface area contributed by atoms with Crippen molar-refractivity contribution in [1.82, 2.24) is 0 Å². The Morgan fingerprint density at radius 3 is 1.29 bits per heavy atom. The molecule has 1 atom stereocenters. The molecule has 0 aromatic rings. The van der Waals surface area contributed by atoms with Gasteiger partial charge in [-0.15, -0.1) is 0 Å². The van der Waals surface area contributed by atoms with Crippen LogP contribution in [0.3, 0.4) is 0 Å². The number of unbranched alkanes of at least 4 members (excludes halogenated alkanes) is 17. The quantitative estimate of drug-likeness (QED) is 0.112. The highest BCUT2D eigenvalue weighted by Crippen LogP contribution is 2.15. The molecule has 1 nitrogen and oxygen atoms in total. The molecule has 0 aromatic heterocycles. The summed E-state index contributed by atoms with van der Waals surface area (Å²) in [6.07, 6.45) is 39.1. The normalized spacial score (nSPS) is 13.0. The number of hydrogen-bond acceptors (Lipinski definition) is 1. The molecule has 184 valence electrons. The SMILES string of the molecule is CCCCC/C=C\C/C=C\CCCCCCCC(O)CCCCCCCCCCCC. The fourth-order valence-electron chi connectivity index (χ4n) is 4.20. The third-order valence-electron chi connectivity index (χ3n) is 6.38. The van der Waals surface area contributed by atoms with Crippen LogP contribution in [0.2, 0.25) is 0 Å². The minimum absolute atomic E-state index is 0.0491. The molecule has 0 rings (SSSR count). The van der Waals surface area contributed by atoms with E-state index in [4.69, 9.17) is 0 Å². The van der Waals surface area contributed by atoms with Crippen molar-refractivity contribution in [2.45, 2.75) is 168 Å². The molecule has 0 aliphatic rings. The van der Waals surface area contributed by atoms with Crippen LogP contribution >= 0.6 is 0 Å². The summed E-state index contributed by atoms with van der Waals surface area (Å²) in [5, 5.41) is 10.2. The molecule has 0 aliphatic heterocycles. The van der Waals surface area contributed by atoms with E-state index in [1.807, 2.05) is 0 Å². The summed E-state index contributed by atoms with van der Waals surface area (Å²) in [7, 11) is 0. The van der Waals surface area contributed by atoms with Gasteiger partial charge in [0, 0.05) is 0 Å². The van der Waals surface area contributed by atoms with Gasteiger partial charge in [-0.2, -0.15) is 0 Å². The fourth-order valence-corrected chi connectivity index (χ4v) is 4.20. The highest BCUT2D eigenvalue weighted by molar-refractivity contribution is 4.92. The van der Waals surface area contributed by atoms with Gasteiger partial charge >= 0.3 is 0 Å². The van der Waals surface area contributed by atoms with Gasteiger partial charge in [-0.3, -0.25) is 0 Å². The molecular formula is C30H58O. The monoisotopic (exact) mass is 434 g/mol. The summed E-state index contributed by atoms with van der Waals surface area (Å²) in [5.74, 6) is 0. The van der Waals surface area contributed by atoms with E-state index in [1.54, 1.807) is 0 Å². The minimum atomic E-state index is -0.0491.